The first-order chi connectivity index (χ1) is 14.5. The first-order valence-corrected chi connectivity index (χ1v) is 9.38. The molecule has 3 N–H and O–H groups in total. The van der Waals surface area contributed by atoms with E-state index in [1.807, 2.05) is 18.2 Å². The fraction of sp³-hybridized carbons (Fsp3) is 0.0455. The number of benzene rings is 2. The van der Waals surface area contributed by atoms with E-state index in [-0.39, 0.29) is 10.6 Å². The zero-order valence-electron chi connectivity index (χ0n) is 15.5. The van der Waals surface area contributed by atoms with Crippen molar-refractivity contribution in [1.82, 2.24) is 9.97 Å². The number of hydrogen-bond donors (Lipinski definition) is 3. The Bertz CT molecular complexity index is 1350. The van der Waals surface area contributed by atoms with Crippen molar-refractivity contribution in [1.29, 1.82) is 5.26 Å². The second-order valence-corrected chi connectivity index (χ2v) is 6.93. The molecule has 6 nitrogen and oxygen atoms in total. The standard InChI is InChI=1S/C22H15ClFN5O/c23-18-9-16(3-5-19(18)24)29-21-14(10-25)12-28-20-6-4-15(8-17(20)21)27-11-13-2-1-7-26-22(13)30/h1-9,12,27H,11H2,(H,26,30)(H,28,29). The third-order valence-corrected chi connectivity index (χ3v) is 4.85. The molecule has 0 saturated carbocycles. The van der Waals surface area contributed by atoms with E-state index in [0.29, 0.717) is 39.9 Å². The summed E-state index contributed by atoms with van der Waals surface area (Å²) in [4.78, 5) is 18.8. The Morgan fingerprint density at radius 2 is 2.00 bits per heavy atom. The summed E-state index contributed by atoms with van der Waals surface area (Å²) in [5.74, 6) is -0.523. The number of fused-ring (bicyclic) bond motifs is 1. The molecule has 8 heteroatoms. The molecule has 2 aromatic carbocycles. The van der Waals surface area contributed by atoms with Gasteiger partial charge in [0.05, 0.1) is 21.8 Å². The number of nitrogens with one attached hydrogen (secondary N) is 3. The van der Waals surface area contributed by atoms with Crippen molar-refractivity contribution in [2.45, 2.75) is 6.54 Å². The number of pyridine rings is 2. The Morgan fingerprint density at radius 3 is 2.77 bits per heavy atom. The van der Waals surface area contributed by atoms with Crippen molar-refractivity contribution in [2.75, 3.05) is 10.6 Å². The summed E-state index contributed by atoms with van der Waals surface area (Å²) in [5.41, 5.74) is 3.27. The minimum atomic E-state index is -0.523. The highest BCUT2D eigenvalue weighted by molar-refractivity contribution is 6.31. The number of halogens is 2. The van der Waals surface area contributed by atoms with Gasteiger partial charge in [-0.2, -0.15) is 5.26 Å². The Kier molecular flexibility index (Phi) is 5.33. The first-order valence-electron chi connectivity index (χ1n) is 9.00. The van der Waals surface area contributed by atoms with Gasteiger partial charge < -0.3 is 15.6 Å². The highest BCUT2D eigenvalue weighted by atomic mass is 35.5. The van der Waals surface area contributed by atoms with Crippen LogP contribution in [0, 0.1) is 17.1 Å². The van der Waals surface area contributed by atoms with Crippen molar-refractivity contribution < 1.29 is 4.39 Å². The van der Waals surface area contributed by atoms with Crippen LogP contribution >= 0.6 is 11.6 Å². The SMILES string of the molecule is N#Cc1cnc2ccc(NCc3ccc[nH]c3=O)cc2c1Nc1ccc(F)c(Cl)c1. The predicted molar refractivity (Wildman–Crippen MR) is 116 cm³/mol. The average molecular weight is 420 g/mol. The molecule has 0 bridgehead atoms. The molecule has 0 aliphatic carbocycles. The highest BCUT2D eigenvalue weighted by Crippen LogP contribution is 2.32. The fourth-order valence-electron chi connectivity index (χ4n) is 3.03. The molecule has 2 heterocycles. The van der Waals surface area contributed by atoms with Gasteiger partial charge in [0.2, 0.25) is 0 Å². The molecule has 0 aliphatic rings. The van der Waals surface area contributed by atoms with Crippen LogP contribution in [0.2, 0.25) is 5.02 Å². The molecule has 0 spiro atoms. The largest absolute Gasteiger partial charge is 0.381 e. The monoisotopic (exact) mass is 419 g/mol. The highest BCUT2D eigenvalue weighted by Gasteiger charge is 2.11. The molecule has 0 aliphatic heterocycles. The summed E-state index contributed by atoms with van der Waals surface area (Å²) in [6.45, 7) is 0.337. The Balaban J connectivity index is 1.71. The molecule has 0 amide bonds. The molecule has 0 radical (unpaired) electrons. The van der Waals surface area contributed by atoms with Crippen molar-refractivity contribution in [3.05, 3.63) is 93.2 Å². The van der Waals surface area contributed by atoms with Crippen LogP contribution in [0.1, 0.15) is 11.1 Å². The maximum atomic E-state index is 13.5. The van der Waals surface area contributed by atoms with Gasteiger partial charge in [-0.05, 0) is 42.5 Å². The lowest BCUT2D eigenvalue weighted by atomic mass is 10.1. The summed E-state index contributed by atoms with van der Waals surface area (Å²) in [5, 5.41) is 16.6. The number of rotatable bonds is 5. The smallest absolute Gasteiger partial charge is 0.252 e. The van der Waals surface area contributed by atoms with Gasteiger partial charge in [0.25, 0.3) is 5.56 Å². The number of anilines is 3. The van der Waals surface area contributed by atoms with E-state index in [2.05, 4.69) is 26.7 Å². The van der Waals surface area contributed by atoms with Crippen LogP contribution in [-0.4, -0.2) is 9.97 Å². The van der Waals surface area contributed by atoms with Crippen LogP contribution in [0.25, 0.3) is 10.9 Å². The maximum Gasteiger partial charge on any atom is 0.252 e. The Hall–Kier alpha value is -3.89. The number of aromatic nitrogens is 2. The topological polar surface area (TPSA) is 93.6 Å². The molecule has 0 saturated heterocycles. The quantitative estimate of drug-likeness (QED) is 0.426. The van der Waals surface area contributed by atoms with Crippen molar-refractivity contribution >= 4 is 39.6 Å². The van der Waals surface area contributed by atoms with E-state index >= 15 is 0 Å². The van der Waals surface area contributed by atoms with Gasteiger partial charge >= 0.3 is 0 Å². The second kappa shape index (κ2) is 8.23. The van der Waals surface area contributed by atoms with E-state index in [1.165, 1.54) is 18.3 Å². The van der Waals surface area contributed by atoms with Gasteiger partial charge in [0.15, 0.2) is 0 Å². The maximum absolute atomic E-state index is 13.5. The van der Waals surface area contributed by atoms with Crippen LogP contribution in [-0.2, 0) is 6.54 Å². The zero-order valence-corrected chi connectivity index (χ0v) is 16.3. The normalized spacial score (nSPS) is 10.6. The molecule has 0 fully saturated rings. The predicted octanol–water partition coefficient (Wildman–Crippen LogP) is 4.94. The molecular weight excluding hydrogens is 405 g/mol. The minimum Gasteiger partial charge on any atom is -0.381 e. The van der Waals surface area contributed by atoms with Crippen molar-refractivity contribution in [3.8, 4) is 6.07 Å². The summed E-state index contributed by atoms with van der Waals surface area (Å²) >= 11 is 5.88. The van der Waals surface area contributed by atoms with Crippen LogP contribution in [0.5, 0.6) is 0 Å². The fourth-order valence-corrected chi connectivity index (χ4v) is 3.21. The second-order valence-electron chi connectivity index (χ2n) is 6.52. The van der Waals surface area contributed by atoms with Gasteiger partial charge in [-0.25, -0.2) is 4.39 Å². The van der Waals surface area contributed by atoms with Gasteiger partial charge in [-0.3, -0.25) is 9.78 Å². The molecular formula is C22H15ClFN5O. The minimum absolute atomic E-state index is 0.0210. The summed E-state index contributed by atoms with van der Waals surface area (Å²) < 4.78 is 13.5. The Morgan fingerprint density at radius 1 is 1.17 bits per heavy atom. The van der Waals surface area contributed by atoms with Crippen LogP contribution < -0.4 is 16.2 Å². The number of nitriles is 1. The number of nitrogens with zero attached hydrogens (tertiary/aromatic N) is 2. The number of H-pyrrole nitrogens is 1. The van der Waals surface area contributed by atoms with E-state index in [0.717, 1.165) is 5.69 Å². The summed E-state index contributed by atoms with van der Waals surface area (Å²) in [6, 6.07) is 15.4. The molecule has 148 valence electrons. The number of aromatic amines is 1. The lowest BCUT2D eigenvalue weighted by Gasteiger charge is -2.13. The summed E-state index contributed by atoms with van der Waals surface area (Å²) in [7, 11) is 0. The first kappa shape index (κ1) is 19.4. The molecule has 30 heavy (non-hydrogen) atoms. The van der Waals surface area contributed by atoms with E-state index < -0.39 is 5.82 Å². The van der Waals surface area contributed by atoms with Crippen LogP contribution in [0.3, 0.4) is 0 Å². The van der Waals surface area contributed by atoms with Crippen LogP contribution in [0.4, 0.5) is 21.5 Å². The lowest BCUT2D eigenvalue weighted by molar-refractivity contribution is 0.628. The van der Waals surface area contributed by atoms with E-state index in [1.54, 1.807) is 24.4 Å². The molecule has 0 unspecified atom stereocenters. The van der Waals surface area contributed by atoms with Crippen molar-refractivity contribution in [2.24, 2.45) is 0 Å². The van der Waals surface area contributed by atoms with Gasteiger partial charge in [0, 0.05) is 41.3 Å². The van der Waals surface area contributed by atoms with Gasteiger partial charge in [0.1, 0.15) is 11.9 Å². The van der Waals surface area contributed by atoms with Gasteiger partial charge in [-0.15, -0.1) is 0 Å². The molecule has 2 aromatic heterocycles. The van der Waals surface area contributed by atoms with Gasteiger partial charge in [-0.1, -0.05) is 17.7 Å². The molecule has 4 aromatic rings. The summed E-state index contributed by atoms with van der Waals surface area (Å²) in [6.07, 6.45) is 3.06. The lowest BCUT2D eigenvalue weighted by Crippen LogP contribution is -2.14. The molecule has 4 rings (SSSR count). The molecule has 0 atom stereocenters. The van der Waals surface area contributed by atoms with E-state index in [4.69, 9.17) is 11.6 Å². The number of hydrogen-bond acceptors (Lipinski definition) is 5. The van der Waals surface area contributed by atoms with E-state index in [9.17, 15) is 14.4 Å². The van der Waals surface area contributed by atoms with Crippen molar-refractivity contribution in [3.63, 3.8) is 0 Å². The zero-order chi connectivity index (χ0) is 21.1. The van der Waals surface area contributed by atoms with Crippen LogP contribution in [0.15, 0.2) is 65.7 Å². The Labute approximate surface area is 176 Å². The average Bonchev–Trinajstić information content (AvgIpc) is 2.76. The third kappa shape index (κ3) is 3.95. The third-order valence-electron chi connectivity index (χ3n) is 4.56.